The Bertz CT molecular complexity index is 1590. The highest BCUT2D eigenvalue weighted by Crippen LogP contribution is 2.17. The number of allylic oxidation sites excluding steroid dienone is 16. The third-order valence-electron chi connectivity index (χ3n) is 15.3. The minimum atomic E-state index is -0.780. The van der Waals surface area contributed by atoms with Crippen LogP contribution < -0.4 is 0 Å². The Morgan fingerprint density at radius 1 is 0.256 bits per heavy atom. The van der Waals surface area contributed by atoms with Crippen molar-refractivity contribution in [2.75, 3.05) is 13.2 Å². The number of hydrogen-bond donors (Lipinski definition) is 0. The molecule has 0 heterocycles. The third kappa shape index (κ3) is 67.1. The minimum Gasteiger partial charge on any atom is -0.462 e. The van der Waals surface area contributed by atoms with Gasteiger partial charge in [0.05, 0.1) is 0 Å². The Morgan fingerprint density at radius 2 is 0.500 bits per heavy atom. The normalized spacial score (nSPS) is 12.7. The van der Waals surface area contributed by atoms with Crippen LogP contribution in [0.25, 0.3) is 0 Å². The second-order valence-electron chi connectivity index (χ2n) is 23.4. The van der Waals surface area contributed by atoms with E-state index >= 15 is 0 Å². The molecule has 0 aliphatic rings. The van der Waals surface area contributed by atoms with Gasteiger partial charge in [0.1, 0.15) is 13.2 Å². The molecule has 1 unspecified atom stereocenters. The van der Waals surface area contributed by atoms with E-state index in [1.165, 1.54) is 199 Å². The Kier molecular flexibility index (Phi) is 66.7. The van der Waals surface area contributed by atoms with Gasteiger partial charge in [-0.25, -0.2) is 0 Å². The molecule has 0 radical (unpaired) electrons. The molecule has 0 saturated heterocycles. The summed E-state index contributed by atoms with van der Waals surface area (Å²) in [7, 11) is 0. The highest BCUT2D eigenvalue weighted by Gasteiger charge is 2.19. The number of hydrogen-bond acceptors (Lipinski definition) is 6. The molecule has 6 heteroatoms. The Morgan fingerprint density at radius 3 is 0.805 bits per heavy atom. The lowest BCUT2D eigenvalue weighted by Gasteiger charge is -2.18. The summed E-state index contributed by atoms with van der Waals surface area (Å²) in [6.45, 7) is 6.49. The first-order valence-corrected chi connectivity index (χ1v) is 35.2. The molecule has 0 N–H and O–H groups in total. The van der Waals surface area contributed by atoms with Gasteiger partial charge in [-0.15, -0.1) is 0 Å². The quantitative estimate of drug-likeness (QED) is 0.0261. The van der Waals surface area contributed by atoms with Gasteiger partial charge in [0.15, 0.2) is 6.10 Å². The van der Waals surface area contributed by atoms with Crippen LogP contribution in [-0.2, 0) is 28.6 Å². The summed E-state index contributed by atoms with van der Waals surface area (Å²) in [5.41, 5.74) is 0. The minimum absolute atomic E-state index is 0.0770. The van der Waals surface area contributed by atoms with Gasteiger partial charge in [-0.05, 0) is 116 Å². The van der Waals surface area contributed by atoms with E-state index in [0.717, 1.165) is 109 Å². The molecule has 0 aromatic rings. The van der Waals surface area contributed by atoms with Crippen molar-refractivity contribution in [1.29, 1.82) is 0 Å². The van der Waals surface area contributed by atoms with E-state index < -0.39 is 6.10 Å². The highest BCUT2D eigenvalue weighted by atomic mass is 16.6. The predicted octanol–water partition coefficient (Wildman–Crippen LogP) is 24.4. The van der Waals surface area contributed by atoms with Crippen molar-refractivity contribution < 1.29 is 28.6 Å². The standard InChI is InChI=1S/C76H132O6/c1-4-7-10-13-16-19-22-24-26-28-30-31-32-33-34-35-36-37-38-39-40-41-42-43-44-45-47-48-50-52-54-57-60-63-66-69-75(78)81-72-73(71-80-74(77)68-65-62-59-56-21-18-15-12-9-6-3)82-76(79)70-67-64-61-58-55-53-51-49-46-29-27-25-23-20-17-14-11-8-5-2/h7,10,12,15-16,19,24-27,30-31,33-34,36-37,73H,4-6,8-9,11,13-14,17-18,20-23,28-29,32,35,38-72H2,1-3H3/b10-7-,15-12-,19-16-,26-24-,27-25-,31-30-,34-33-,37-36-. The second kappa shape index (κ2) is 69.8. The fourth-order valence-electron chi connectivity index (χ4n) is 10.0. The van der Waals surface area contributed by atoms with Gasteiger partial charge in [-0.3, -0.25) is 14.4 Å². The van der Waals surface area contributed by atoms with Crippen molar-refractivity contribution in [1.82, 2.24) is 0 Å². The molecule has 0 amide bonds. The van der Waals surface area contributed by atoms with Crippen LogP contribution in [0.3, 0.4) is 0 Å². The van der Waals surface area contributed by atoms with Crippen LogP contribution in [0.5, 0.6) is 0 Å². The van der Waals surface area contributed by atoms with Gasteiger partial charge in [-0.2, -0.15) is 0 Å². The zero-order valence-electron chi connectivity index (χ0n) is 54.2. The van der Waals surface area contributed by atoms with Crippen molar-refractivity contribution in [2.45, 2.75) is 354 Å². The average Bonchev–Trinajstić information content (AvgIpc) is 3.48. The molecule has 0 aromatic heterocycles. The molecule has 0 rings (SSSR count). The molecule has 0 spiro atoms. The van der Waals surface area contributed by atoms with Crippen molar-refractivity contribution in [2.24, 2.45) is 0 Å². The second-order valence-corrected chi connectivity index (χ2v) is 23.4. The molecule has 0 fully saturated rings. The molecule has 1 atom stereocenters. The van der Waals surface area contributed by atoms with E-state index in [1.54, 1.807) is 0 Å². The lowest BCUT2D eigenvalue weighted by Crippen LogP contribution is -2.30. The Hall–Kier alpha value is -3.67. The Labute approximate surface area is 508 Å². The summed E-state index contributed by atoms with van der Waals surface area (Å²) in [6.07, 6.45) is 94.5. The molecule has 6 nitrogen and oxygen atoms in total. The molecule has 0 aliphatic heterocycles. The maximum absolute atomic E-state index is 12.9. The van der Waals surface area contributed by atoms with Gasteiger partial charge >= 0.3 is 17.9 Å². The van der Waals surface area contributed by atoms with E-state index in [0.29, 0.717) is 19.3 Å². The lowest BCUT2D eigenvalue weighted by atomic mass is 10.0. The molecular formula is C76H132O6. The van der Waals surface area contributed by atoms with Crippen molar-refractivity contribution >= 4 is 17.9 Å². The molecular weight excluding hydrogens is 1010 g/mol. The molecule has 0 bridgehead atoms. The summed E-state index contributed by atoms with van der Waals surface area (Å²) >= 11 is 0. The number of rotatable bonds is 64. The fourth-order valence-corrected chi connectivity index (χ4v) is 10.0. The first-order chi connectivity index (χ1) is 40.5. The van der Waals surface area contributed by atoms with E-state index in [9.17, 15) is 14.4 Å². The Balaban J connectivity index is 4.10. The zero-order valence-corrected chi connectivity index (χ0v) is 54.2. The van der Waals surface area contributed by atoms with Gasteiger partial charge in [0, 0.05) is 19.3 Å². The van der Waals surface area contributed by atoms with Crippen LogP contribution in [-0.4, -0.2) is 37.2 Å². The SMILES string of the molecule is CC/C=C\C/C=C\C/C=C\C/C=C\C/C=C\C/C=C\CCCCCCCCCCCCCCCCCCC(=O)OCC(COC(=O)CCCCCCC/C=C\CCC)OC(=O)CCCCCCCCCCC/C=C\CCCCCCCC. The highest BCUT2D eigenvalue weighted by molar-refractivity contribution is 5.71. The van der Waals surface area contributed by atoms with Crippen LogP contribution in [0.15, 0.2) is 97.2 Å². The van der Waals surface area contributed by atoms with Crippen molar-refractivity contribution in [3.05, 3.63) is 97.2 Å². The number of carbonyl (C=O) groups is 3. The maximum Gasteiger partial charge on any atom is 0.306 e. The van der Waals surface area contributed by atoms with E-state index in [4.69, 9.17) is 14.2 Å². The van der Waals surface area contributed by atoms with Crippen LogP contribution in [0, 0.1) is 0 Å². The summed E-state index contributed by atoms with van der Waals surface area (Å²) in [4.78, 5) is 38.3. The lowest BCUT2D eigenvalue weighted by molar-refractivity contribution is -0.167. The summed E-state index contributed by atoms with van der Waals surface area (Å²) in [5, 5.41) is 0. The number of carbonyl (C=O) groups excluding carboxylic acids is 3. The first-order valence-electron chi connectivity index (χ1n) is 35.2. The van der Waals surface area contributed by atoms with E-state index in [-0.39, 0.29) is 31.1 Å². The number of esters is 3. The fraction of sp³-hybridized carbons (Fsp3) is 0.750. The first kappa shape index (κ1) is 78.3. The van der Waals surface area contributed by atoms with Gasteiger partial charge in [0.25, 0.3) is 0 Å². The monoisotopic (exact) mass is 1140 g/mol. The smallest absolute Gasteiger partial charge is 0.306 e. The maximum atomic E-state index is 12.9. The summed E-state index contributed by atoms with van der Waals surface area (Å²) < 4.78 is 16.9. The van der Waals surface area contributed by atoms with Crippen LogP contribution in [0.4, 0.5) is 0 Å². The van der Waals surface area contributed by atoms with E-state index in [1.807, 2.05) is 0 Å². The predicted molar refractivity (Wildman–Crippen MR) is 357 cm³/mol. The van der Waals surface area contributed by atoms with Crippen LogP contribution in [0.2, 0.25) is 0 Å². The molecule has 0 aromatic carbocycles. The zero-order chi connectivity index (χ0) is 59.2. The molecule has 0 aliphatic carbocycles. The van der Waals surface area contributed by atoms with Crippen LogP contribution in [0.1, 0.15) is 348 Å². The number of ether oxygens (including phenoxy) is 3. The van der Waals surface area contributed by atoms with Gasteiger partial charge in [-0.1, -0.05) is 311 Å². The molecule has 0 saturated carbocycles. The van der Waals surface area contributed by atoms with E-state index in [2.05, 4.69) is 118 Å². The van der Waals surface area contributed by atoms with Gasteiger partial charge in [0.2, 0.25) is 0 Å². The molecule has 472 valence electrons. The molecule has 82 heavy (non-hydrogen) atoms. The largest absolute Gasteiger partial charge is 0.462 e. The average molecular weight is 1140 g/mol. The topological polar surface area (TPSA) is 78.9 Å². The summed E-state index contributed by atoms with van der Waals surface area (Å²) in [5.74, 6) is -0.875. The third-order valence-corrected chi connectivity index (χ3v) is 15.3. The van der Waals surface area contributed by atoms with Crippen molar-refractivity contribution in [3.63, 3.8) is 0 Å². The van der Waals surface area contributed by atoms with Crippen LogP contribution >= 0.6 is 0 Å². The van der Waals surface area contributed by atoms with Crippen molar-refractivity contribution in [3.8, 4) is 0 Å². The van der Waals surface area contributed by atoms with Gasteiger partial charge < -0.3 is 14.2 Å². The number of unbranched alkanes of at least 4 members (excludes halogenated alkanes) is 37. The summed E-state index contributed by atoms with van der Waals surface area (Å²) in [6, 6.07) is 0.